The second-order valence-electron chi connectivity index (χ2n) is 32.2. The third-order valence-electron chi connectivity index (χ3n) is 25.9. The molecular formula is C109H73B2Br3N2O4Si3. The molecule has 0 radical (unpaired) electrons. The zero-order valence-electron chi connectivity index (χ0n) is 66.5. The van der Waals surface area contributed by atoms with Crippen LogP contribution in [0.15, 0.2) is 444 Å². The van der Waals surface area contributed by atoms with Crippen LogP contribution in [0.4, 0.5) is 34.1 Å². The van der Waals surface area contributed by atoms with E-state index in [4.69, 9.17) is 18.9 Å². The van der Waals surface area contributed by atoms with Crippen LogP contribution in [0.2, 0.25) is 0 Å². The Hall–Kier alpha value is -13.0. The molecule has 0 amide bonds. The summed E-state index contributed by atoms with van der Waals surface area (Å²) in [4.78, 5) is 4.92. The Labute approximate surface area is 744 Å². The number of rotatable bonds is 8. The number of para-hydroxylation sites is 4. The highest BCUT2D eigenvalue weighted by atomic mass is 79.9. The van der Waals surface area contributed by atoms with E-state index in [0.29, 0.717) is 0 Å². The molecule has 0 aliphatic carbocycles. The molecule has 18 aromatic carbocycles. The number of anilines is 6. The van der Waals surface area contributed by atoms with Crippen LogP contribution in [0.1, 0.15) is 11.1 Å². The Balaban J connectivity index is 0.000000141. The van der Waals surface area contributed by atoms with Gasteiger partial charge in [0.25, 0.3) is 13.4 Å². The van der Waals surface area contributed by atoms with Crippen LogP contribution in [0, 0.1) is 0 Å². The molecule has 0 aromatic heterocycles. The van der Waals surface area contributed by atoms with E-state index in [1.807, 2.05) is 24.3 Å². The van der Waals surface area contributed by atoms with Gasteiger partial charge >= 0.3 is 0 Å². The Morgan fingerprint density at radius 3 is 0.797 bits per heavy atom. The van der Waals surface area contributed by atoms with Gasteiger partial charge in [0.1, 0.15) is 46.0 Å². The van der Waals surface area contributed by atoms with Crippen molar-refractivity contribution in [2.45, 2.75) is 6.42 Å². The number of ether oxygens (including phenoxy) is 4. The van der Waals surface area contributed by atoms with E-state index < -0.39 is 24.2 Å². The van der Waals surface area contributed by atoms with E-state index in [1.54, 1.807) is 0 Å². The third kappa shape index (κ3) is 12.0. The Morgan fingerprint density at radius 1 is 0.211 bits per heavy atom. The van der Waals surface area contributed by atoms with Crippen molar-refractivity contribution < 1.29 is 18.9 Å². The minimum atomic E-state index is -2.77. The molecule has 0 saturated heterocycles. The molecule has 7 aliphatic heterocycles. The lowest BCUT2D eigenvalue weighted by atomic mass is 9.35. The molecule has 25 rings (SSSR count). The Kier molecular flexibility index (Phi) is 18.6. The first-order valence-corrected chi connectivity index (χ1v) is 50.1. The van der Waals surface area contributed by atoms with Crippen LogP contribution in [0.5, 0.6) is 46.0 Å². The first kappa shape index (κ1) is 75.0. The highest BCUT2D eigenvalue weighted by Crippen LogP contribution is 2.46. The zero-order valence-corrected chi connectivity index (χ0v) is 74.3. The van der Waals surface area contributed by atoms with Gasteiger partial charge in [-0.25, -0.2) is 0 Å². The van der Waals surface area contributed by atoms with Crippen molar-refractivity contribution in [2.75, 3.05) is 9.80 Å². The second-order valence-corrected chi connectivity index (χ2v) is 46.2. The van der Waals surface area contributed by atoms with E-state index >= 15 is 0 Å². The summed E-state index contributed by atoms with van der Waals surface area (Å²) in [6.07, 6.45) is 1.03. The van der Waals surface area contributed by atoms with Gasteiger partial charge < -0.3 is 28.7 Å². The monoisotopic (exact) mass is 1820 g/mol. The molecule has 0 unspecified atom stereocenters. The van der Waals surface area contributed by atoms with Gasteiger partial charge in [-0.1, -0.05) is 381 Å². The van der Waals surface area contributed by atoms with Crippen molar-refractivity contribution in [3.05, 3.63) is 455 Å². The Bertz CT molecular complexity index is 6630. The highest BCUT2D eigenvalue weighted by Gasteiger charge is 2.53. The lowest BCUT2D eigenvalue weighted by Crippen LogP contribution is -2.77. The summed E-state index contributed by atoms with van der Waals surface area (Å²) < 4.78 is 29.3. The fraction of sp³-hybridized carbons (Fsp3) is 0.00917. The molecule has 0 spiro atoms. The van der Waals surface area contributed by atoms with Crippen molar-refractivity contribution in [3.8, 4) is 46.0 Å². The van der Waals surface area contributed by atoms with E-state index in [2.05, 4.69) is 464 Å². The van der Waals surface area contributed by atoms with Gasteiger partial charge in [-0.2, -0.15) is 0 Å². The summed E-state index contributed by atoms with van der Waals surface area (Å²) >= 11 is 10.6. The van der Waals surface area contributed by atoms with Crippen molar-refractivity contribution in [1.29, 1.82) is 0 Å². The summed E-state index contributed by atoms with van der Waals surface area (Å²) in [6, 6.07) is 158. The van der Waals surface area contributed by atoms with Crippen molar-refractivity contribution >= 4 is 215 Å². The first-order chi connectivity index (χ1) is 60.7. The van der Waals surface area contributed by atoms with E-state index in [-0.39, 0.29) is 13.4 Å². The molecule has 14 heteroatoms. The van der Waals surface area contributed by atoms with Crippen LogP contribution in [0.3, 0.4) is 0 Å². The van der Waals surface area contributed by atoms with Gasteiger partial charge in [0.15, 0.2) is 24.2 Å². The maximum atomic E-state index is 7.01. The molecule has 7 heterocycles. The average molecular weight is 1820 g/mol. The maximum Gasteiger partial charge on any atom is 0.260 e. The average Bonchev–Trinajstić information content (AvgIpc) is 0.717. The largest absolute Gasteiger partial charge is 0.458 e. The normalized spacial score (nSPS) is 14.3. The molecule has 18 aromatic rings. The van der Waals surface area contributed by atoms with Gasteiger partial charge in [-0.05, 0) is 187 Å². The van der Waals surface area contributed by atoms with Crippen molar-refractivity contribution in [3.63, 3.8) is 0 Å². The number of nitrogens with zero attached hydrogens (tertiary/aromatic N) is 2. The first-order valence-electron chi connectivity index (χ1n) is 41.8. The van der Waals surface area contributed by atoms with Gasteiger partial charge in [-0.15, -0.1) is 0 Å². The quantitative estimate of drug-likeness (QED) is 0.141. The molecule has 123 heavy (non-hydrogen) atoms. The molecule has 0 saturated carbocycles. The topological polar surface area (TPSA) is 43.4 Å². The third-order valence-corrected chi connectivity index (χ3v) is 42.1. The number of fused-ring (bicyclic) bond motifs is 14. The van der Waals surface area contributed by atoms with E-state index in [1.165, 1.54) is 96.1 Å². The van der Waals surface area contributed by atoms with Crippen LogP contribution < -0.4 is 124 Å². The predicted molar refractivity (Wildman–Crippen MR) is 528 cm³/mol. The lowest BCUT2D eigenvalue weighted by molar-refractivity contribution is 0.463. The van der Waals surface area contributed by atoms with Gasteiger partial charge in [0, 0.05) is 70.6 Å². The summed E-state index contributed by atoms with van der Waals surface area (Å²) in [7, 11) is -7.81. The summed E-state index contributed by atoms with van der Waals surface area (Å²) in [5.41, 5.74) is 16.5. The van der Waals surface area contributed by atoms with Crippen LogP contribution >= 0.6 is 47.8 Å². The minimum absolute atomic E-state index is 0.101. The molecule has 0 fully saturated rings. The molecule has 6 nitrogen and oxygen atoms in total. The molecule has 582 valence electrons. The van der Waals surface area contributed by atoms with E-state index in [0.717, 1.165) is 110 Å². The van der Waals surface area contributed by atoms with Gasteiger partial charge in [-0.3, -0.25) is 0 Å². The molecule has 0 N–H and O–H groups in total. The summed E-state index contributed by atoms with van der Waals surface area (Å²) in [5, 5.41) is 16.9. The van der Waals surface area contributed by atoms with Crippen LogP contribution in [-0.2, 0) is 6.42 Å². The smallest absolute Gasteiger partial charge is 0.260 e. The highest BCUT2D eigenvalue weighted by molar-refractivity contribution is 9.11. The van der Waals surface area contributed by atoms with E-state index in [9.17, 15) is 0 Å². The Morgan fingerprint density at radius 2 is 0.463 bits per heavy atom. The maximum absolute atomic E-state index is 7.01. The van der Waals surface area contributed by atoms with Crippen molar-refractivity contribution in [2.24, 2.45) is 0 Å². The number of benzene rings is 18. The summed E-state index contributed by atoms with van der Waals surface area (Å²) in [5.74, 6) is 6.77. The summed E-state index contributed by atoms with van der Waals surface area (Å²) in [6.45, 7) is 0.00731. The predicted octanol–water partition coefficient (Wildman–Crippen LogP) is 16.4. The number of halogens is 3. The second kappa shape index (κ2) is 30.5. The van der Waals surface area contributed by atoms with Crippen LogP contribution in [0.25, 0.3) is 0 Å². The minimum Gasteiger partial charge on any atom is -0.458 e. The number of hydrogen-bond donors (Lipinski definition) is 0. The number of hydrogen-bond acceptors (Lipinski definition) is 6. The fourth-order valence-corrected chi connectivity index (χ4v) is 37.6. The zero-order chi connectivity index (χ0) is 81.9. The van der Waals surface area contributed by atoms with Crippen molar-refractivity contribution in [1.82, 2.24) is 0 Å². The molecule has 0 atom stereocenters. The SMILES string of the molecule is Brc1ccc2c(c1)Oc1cc(Br)cc3c1B2c1ccc(Br)cc1O3.c1ccc([Si]2(c3ccccc3)c3ccccc3Cc3ccccc32)cc1.c1ccc([Si]2(c3ccccc3)c3ccccc3N(c3ccc4c(c3)Oc3cccc5c3B4c3ccc(N4c6ccccc6[Si](c6ccccc6)(c6ccccc6)c6ccccc64)cc3O5)c3ccccc32)cc1. The molecular weight excluding hydrogens is 1750 g/mol. The molecule has 7 aliphatic rings. The standard InChI is InChI=1S/C66H45BN2O2Si2.C25H20Si.C18H8BBr3O2/c1-5-22-48(23-6-1)72(49-24-7-2-8-25-49)62-36-17-13-30-54(62)68(55-31-14-18-37-63(55)72)46-40-42-52-60(44-46)70-58-34-21-35-59-66(58)67(52)53-43-41-47(45-61(53)71-59)69-56-32-15-19-38-64(56)73(50-26-9-3-10-27-50,51-28-11-4-12-29-51)65-39-20-16-33-57(65)69;1-3-13-22(14-4-1)26(23-15-5-2-6-16-23)24-17-9-7-11-20(24)19-21-12-8-10-18-25(21)26;20-9-1-3-12-14(5-9)23-16-7-11(22)8-17-18(16)19(12)13-4-2-10(21)6-15(13)24-17/h1-45H;1-18H,19H2;1-8H. The van der Waals surface area contributed by atoms with Gasteiger partial charge in [0.2, 0.25) is 0 Å². The lowest BCUT2D eigenvalue weighted by Gasteiger charge is -2.45. The van der Waals surface area contributed by atoms with Crippen LogP contribution in [-0.4, -0.2) is 37.6 Å². The van der Waals surface area contributed by atoms with Gasteiger partial charge in [0.05, 0.1) is 0 Å². The molecule has 0 bridgehead atoms. The fourth-order valence-electron chi connectivity index (χ4n) is 21.1.